The number of carbonyl (C=O) groups excluding carboxylic acids is 1. The molecule has 0 radical (unpaired) electrons. The van der Waals surface area contributed by atoms with Gasteiger partial charge in [0, 0.05) is 30.2 Å². The van der Waals surface area contributed by atoms with Gasteiger partial charge in [0.2, 0.25) is 17.7 Å². The molecule has 3 aromatic rings. The van der Waals surface area contributed by atoms with Gasteiger partial charge >= 0.3 is 0 Å². The van der Waals surface area contributed by atoms with E-state index in [0.29, 0.717) is 29.6 Å². The van der Waals surface area contributed by atoms with Gasteiger partial charge in [-0.15, -0.1) is 10.2 Å². The first-order chi connectivity index (χ1) is 12.1. The fraction of sp³-hybridized carbons (Fsp3) is 0.211. The smallest absolute Gasteiger partial charge is 0.247 e. The molecule has 0 saturated carbocycles. The molecule has 0 bridgehead atoms. The van der Waals surface area contributed by atoms with E-state index in [9.17, 15) is 4.79 Å². The normalized spacial score (nSPS) is 10.5. The van der Waals surface area contributed by atoms with E-state index < -0.39 is 0 Å². The highest BCUT2D eigenvalue weighted by Gasteiger charge is 2.11. The van der Waals surface area contributed by atoms with Gasteiger partial charge < -0.3 is 14.5 Å². The van der Waals surface area contributed by atoms with E-state index in [1.165, 1.54) is 0 Å². The molecule has 0 spiro atoms. The van der Waals surface area contributed by atoms with Crippen LogP contribution in [0, 0.1) is 6.92 Å². The minimum Gasteiger partial charge on any atom is -0.497 e. The van der Waals surface area contributed by atoms with Crippen LogP contribution in [0.2, 0.25) is 0 Å². The quantitative estimate of drug-likeness (QED) is 0.743. The molecule has 3 rings (SSSR count). The number of nitrogens with one attached hydrogen (secondary N) is 1. The number of hydrogen-bond donors (Lipinski definition) is 1. The van der Waals surface area contributed by atoms with Gasteiger partial charge in [-0.05, 0) is 31.2 Å². The third-order valence-corrected chi connectivity index (χ3v) is 3.65. The number of rotatable bonds is 6. The van der Waals surface area contributed by atoms with E-state index in [-0.39, 0.29) is 12.3 Å². The van der Waals surface area contributed by atoms with Crippen molar-refractivity contribution in [3.05, 3.63) is 60.0 Å². The molecular formula is C19H19N3O3. The monoisotopic (exact) mass is 337 g/mol. The molecule has 0 unspecified atom stereocenters. The summed E-state index contributed by atoms with van der Waals surface area (Å²) in [4.78, 5) is 12.1. The first-order valence-electron chi connectivity index (χ1n) is 7.97. The van der Waals surface area contributed by atoms with Crippen LogP contribution >= 0.6 is 0 Å². The Morgan fingerprint density at radius 1 is 1.16 bits per heavy atom. The number of carbonyl (C=O) groups is 1. The third-order valence-electron chi connectivity index (χ3n) is 3.65. The fourth-order valence-electron chi connectivity index (χ4n) is 2.39. The van der Waals surface area contributed by atoms with Crippen molar-refractivity contribution < 1.29 is 13.9 Å². The fourth-order valence-corrected chi connectivity index (χ4v) is 2.39. The first kappa shape index (κ1) is 16.7. The first-order valence-corrected chi connectivity index (χ1v) is 7.97. The summed E-state index contributed by atoms with van der Waals surface area (Å²) in [6, 6.07) is 15.1. The van der Waals surface area contributed by atoms with Crippen LogP contribution in [0.5, 0.6) is 5.75 Å². The van der Waals surface area contributed by atoms with Crippen LogP contribution in [-0.4, -0.2) is 23.2 Å². The number of aryl methyl sites for hydroxylation is 2. The molecule has 0 aliphatic heterocycles. The van der Waals surface area contributed by atoms with Crippen molar-refractivity contribution in [1.82, 2.24) is 10.2 Å². The maximum atomic E-state index is 12.1. The Labute approximate surface area is 145 Å². The molecule has 1 amide bonds. The molecule has 0 aliphatic rings. The Morgan fingerprint density at radius 3 is 2.80 bits per heavy atom. The molecule has 128 valence electrons. The predicted molar refractivity (Wildman–Crippen MR) is 94.4 cm³/mol. The molecule has 1 aromatic heterocycles. The molecule has 0 fully saturated rings. The summed E-state index contributed by atoms with van der Waals surface area (Å²) in [7, 11) is 1.59. The molecule has 0 saturated heterocycles. The zero-order valence-electron chi connectivity index (χ0n) is 14.2. The highest BCUT2D eigenvalue weighted by Crippen LogP contribution is 2.20. The second-order valence-corrected chi connectivity index (χ2v) is 5.65. The highest BCUT2D eigenvalue weighted by molar-refractivity contribution is 5.90. The van der Waals surface area contributed by atoms with Crippen molar-refractivity contribution in [2.24, 2.45) is 0 Å². The van der Waals surface area contributed by atoms with E-state index in [1.54, 1.807) is 13.2 Å². The molecule has 0 aliphatic carbocycles. The lowest BCUT2D eigenvalue weighted by atomic mass is 10.1. The van der Waals surface area contributed by atoms with Gasteiger partial charge in [-0.25, -0.2) is 0 Å². The van der Waals surface area contributed by atoms with Gasteiger partial charge in [-0.2, -0.15) is 0 Å². The van der Waals surface area contributed by atoms with Crippen LogP contribution in [0.1, 0.15) is 17.9 Å². The van der Waals surface area contributed by atoms with Crippen LogP contribution in [0.15, 0.2) is 52.9 Å². The predicted octanol–water partition coefficient (Wildman–Crippen LogP) is 3.62. The molecule has 1 heterocycles. The Balaban J connectivity index is 1.57. The van der Waals surface area contributed by atoms with Crippen LogP contribution in [0.25, 0.3) is 11.5 Å². The van der Waals surface area contributed by atoms with Crippen molar-refractivity contribution >= 4 is 11.6 Å². The van der Waals surface area contributed by atoms with Crippen molar-refractivity contribution in [2.45, 2.75) is 19.8 Å². The topological polar surface area (TPSA) is 77.2 Å². The Hall–Kier alpha value is -3.15. The molecule has 0 atom stereocenters. The Morgan fingerprint density at radius 2 is 2.00 bits per heavy atom. The van der Waals surface area contributed by atoms with Gasteiger partial charge in [-0.3, -0.25) is 4.79 Å². The number of hydrogen-bond acceptors (Lipinski definition) is 5. The van der Waals surface area contributed by atoms with Crippen molar-refractivity contribution in [1.29, 1.82) is 0 Å². The number of benzene rings is 2. The van der Waals surface area contributed by atoms with E-state index in [4.69, 9.17) is 9.15 Å². The average Bonchev–Trinajstić information content (AvgIpc) is 3.09. The standard InChI is InChI=1S/C19H19N3O3/c1-13-5-3-6-14(11-13)19-22-21-18(25-19)10-9-17(23)20-15-7-4-8-16(12-15)24-2/h3-8,11-12H,9-10H2,1-2H3,(H,20,23). The highest BCUT2D eigenvalue weighted by atomic mass is 16.5. The zero-order valence-corrected chi connectivity index (χ0v) is 14.2. The largest absolute Gasteiger partial charge is 0.497 e. The lowest BCUT2D eigenvalue weighted by molar-refractivity contribution is -0.116. The second-order valence-electron chi connectivity index (χ2n) is 5.65. The van der Waals surface area contributed by atoms with E-state index in [2.05, 4.69) is 15.5 Å². The van der Waals surface area contributed by atoms with Crippen molar-refractivity contribution in [3.8, 4) is 17.2 Å². The second kappa shape index (κ2) is 7.61. The van der Waals surface area contributed by atoms with Crippen molar-refractivity contribution in [2.75, 3.05) is 12.4 Å². The maximum absolute atomic E-state index is 12.1. The Bertz CT molecular complexity index is 874. The summed E-state index contributed by atoms with van der Waals surface area (Å²) in [5.74, 6) is 1.48. The lowest BCUT2D eigenvalue weighted by Crippen LogP contribution is -2.12. The number of methoxy groups -OCH3 is 1. The summed E-state index contributed by atoms with van der Waals surface area (Å²) in [6.45, 7) is 2.00. The summed E-state index contributed by atoms with van der Waals surface area (Å²) in [5.41, 5.74) is 2.69. The maximum Gasteiger partial charge on any atom is 0.247 e. The molecular weight excluding hydrogens is 318 g/mol. The van der Waals surface area contributed by atoms with Gasteiger partial charge in [0.05, 0.1) is 7.11 Å². The molecule has 25 heavy (non-hydrogen) atoms. The minimum atomic E-state index is -0.122. The van der Waals surface area contributed by atoms with Gasteiger partial charge in [0.1, 0.15) is 5.75 Å². The molecule has 1 N–H and O–H groups in total. The van der Waals surface area contributed by atoms with Crippen LogP contribution in [-0.2, 0) is 11.2 Å². The van der Waals surface area contributed by atoms with Gasteiger partial charge in [-0.1, -0.05) is 23.8 Å². The average molecular weight is 337 g/mol. The molecule has 6 heteroatoms. The summed E-state index contributed by atoms with van der Waals surface area (Å²) in [5, 5.41) is 10.9. The summed E-state index contributed by atoms with van der Waals surface area (Å²) < 4.78 is 10.8. The minimum absolute atomic E-state index is 0.122. The van der Waals surface area contributed by atoms with Crippen LogP contribution < -0.4 is 10.1 Å². The summed E-state index contributed by atoms with van der Waals surface area (Å²) >= 11 is 0. The third kappa shape index (κ3) is 4.44. The molecule has 2 aromatic carbocycles. The Kier molecular flexibility index (Phi) is 5.09. The van der Waals surface area contributed by atoms with Gasteiger partial charge in [0.15, 0.2) is 0 Å². The number of amides is 1. The van der Waals surface area contributed by atoms with E-state index in [1.807, 2.05) is 49.4 Å². The number of anilines is 1. The molecule has 6 nitrogen and oxygen atoms in total. The van der Waals surface area contributed by atoms with Gasteiger partial charge in [0.25, 0.3) is 0 Å². The number of nitrogens with zero attached hydrogens (tertiary/aromatic N) is 2. The lowest BCUT2D eigenvalue weighted by Gasteiger charge is -2.06. The van der Waals surface area contributed by atoms with Crippen LogP contribution in [0.4, 0.5) is 5.69 Å². The summed E-state index contributed by atoms with van der Waals surface area (Å²) in [6.07, 6.45) is 0.640. The van der Waals surface area contributed by atoms with Crippen molar-refractivity contribution in [3.63, 3.8) is 0 Å². The number of aromatic nitrogens is 2. The zero-order chi connectivity index (χ0) is 17.6. The van der Waals surface area contributed by atoms with E-state index in [0.717, 1.165) is 11.1 Å². The van der Waals surface area contributed by atoms with Crippen LogP contribution in [0.3, 0.4) is 0 Å². The number of ether oxygens (including phenoxy) is 1. The SMILES string of the molecule is COc1cccc(NC(=O)CCc2nnc(-c3cccc(C)c3)o2)c1. The van der Waals surface area contributed by atoms with E-state index >= 15 is 0 Å².